The lowest BCUT2D eigenvalue weighted by atomic mass is 10.1. The minimum Gasteiger partial charge on any atom is -0.488 e. The predicted octanol–water partition coefficient (Wildman–Crippen LogP) is 4.11. The molecular weight excluding hydrogens is 268 g/mol. The van der Waals surface area contributed by atoms with Crippen molar-refractivity contribution < 1.29 is 9.53 Å². The summed E-state index contributed by atoms with van der Waals surface area (Å²) in [5.41, 5.74) is 1.01. The van der Waals surface area contributed by atoms with Crippen molar-refractivity contribution in [2.24, 2.45) is 0 Å². The first-order valence-electron chi connectivity index (χ1n) is 5.59. The van der Waals surface area contributed by atoms with E-state index >= 15 is 0 Å². The summed E-state index contributed by atoms with van der Waals surface area (Å²) in [5, 5.41) is 0. The van der Waals surface area contributed by atoms with Crippen LogP contribution >= 0.6 is 22.9 Å². The van der Waals surface area contributed by atoms with Crippen LogP contribution in [0.15, 0.2) is 36.4 Å². The average Bonchev–Trinajstić information content (AvgIpc) is 2.74. The van der Waals surface area contributed by atoms with Crippen LogP contribution in [-0.2, 0) is 17.8 Å². The highest BCUT2D eigenvalue weighted by Gasteiger charge is 2.01. The largest absolute Gasteiger partial charge is 0.488 e. The molecular formula is C14H13ClO2S. The highest BCUT2D eigenvalue weighted by Crippen LogP contribution is 2.23. The first kappa shape index (κ1) is 13.1. The lowest BCUT2D eigenvalue weighted by molar-refractivity contribution is -0.116. The van der Waals surface area contributed by atoms with Crippen molar-refractivity contribution in [1.29, 1.82) is 0 Å². The fraction of sp³-hybridized carbons (Fsp3) is 0.214. The Labute approximate surface area is 115 Å². The molecule has 2 nitrogen and oxygen atoms in total. The van der Waals surface area contributed by atoms with Crippen molar-refractivity contribution in [3.05, 3.63) is 51.2 Å². The molecule has 0 saturated heterocycles. The van der Waals surface area contributed by atoms with E-state index in [2.05, 4.69) is 0 Å². The lowest BCUT2D eigenvalue weighted by Gasteiger charge is -2.05. The molecule has 2 aromatic rings. The van der Waals surface area contributed by atoms with Crippen molar-refractivity contribution >= 4 is 28.7 Å². The van der Waals surface area contributed by atoms with Gasteiger partial charge in [-0.1, -0.05) is 23.7 Å². The van der Waals surface area contributed by atoms with Gasteiger partial charge in [-0.2, -0.15) is 0 Å². The standard InChI is InChI=1S/C14H13ClO2S/c1-10(16)8-11-2-4-12(5-3-11)17-9-13-6-7-14(15)18-13/h2-7H,8-9H2,1H3. The molecule has 2 rings (SSSR count). The van der Waals surface area contributed by atoms with Crippen LogP contribution in [0.25, 0.3) is 0 Å². The Morgan fingerprint density at radius 3 is 2.50 bits per heavy atom. The number of thiophene rings is 1. The summed E-state index contributed by atoms with van der Waals surface area (Å²) in [6.45, 7) is 2.11. The monoisotopic (exact) mass is 280 g/mol. The van der Waals surface area contributed by atoms with Gasteiger partial charge in [-0.15, -0.1) is 11.3 Å². The van der Waals surface area contributed by atoms with Crippen LogP contribution in [0.4, 0.5) is 0 Å². The number of hydrogen-bond acceptors (Lipinski definition) is 3. The minimum atomic E-state index is 0.164. The smallest absolute Gasteiger partial charge is 0.134 e. The van der Waals surface area contributed by atoms with Gasteiger partial charge >= 0.3 is 0 Å². The number of hydrogen-bond donors (Lipinski definition) is 0. The van der Waals surface area contributed by atoms with E-state index in [0.29, 0.717) is 13.0 Å². The van der Waals surface area contributed by atoms with Gasteiger partial charge in [0.2, 0.25) is 0 Å². The molecule has 0 aliphatic carbocycles. The Morgan fingerprint density at radius 2 is 1.94 bits per heavy atom. The molecule has 0 unspecified atom stereocenters. The number of benzene rings is 1. The topological polar surface area (TPSA) is 26.3 Å². The molecule has 0 atom stereocenters. The molecule has 0 spiro atoms. The molecule has 0 bridgehead atoms. The second kappa shape index (κ2) is 6.03. The van der Waals surface area contributed by atoms with E-state index in [0.717, 1.165) is 20.5 Å². The Kier molecular flexibility index (Phi) is 4.39. The van der Waals surface area contributed by atoms with Crippen LogP contribution in [-0.4, -0.2) is 5.78 Å². The number of carbonyl (C=O) groups is 1. The summed E-state index contributed by atoms with van der Waals surface area (Å²) in [6, 6.07) is 11.4. The van der Waals surface area contributed by atoms with Crippen molar-refractivity contribution in [2.45, 2.75) is 20.0 Å². The van der Waals surface area contributed by atoms with Crippen LogP contribution in [0.3, 0.4) is 0 Å². The lowest BCUT2D eigenvalue weighted by Crippen LogP contribution is -1.97. The number of halogens is 1. The van der Waals surface area contributed by atoms with Crippen LogP contribution in [0.2, 0.25) is 4.34 Å². The van der Waals surface area contributed by atoms with Crippen LogP contribution < -0.4 is 4.74 Å². The van der Waals surface area contributed by atoms with Gasteiger partial charge in [-0.05, 0) is 36.8 Å². The van der Waals surface area contributed by atoms with Gasteiger partial charge < -0.3 is 4.74 Å². The Hall–Kier alpha value is -1.32. The molecule has 18 heavy (non-hydrogen) atoms. The van der Waals surface area contributed by atoms with Crippen molar-refractivity contribution in [2.75, 3.05) is 0 Å². The normalized spacial score (nSPS) is 10.3. The first-order valence-corrected chi connectivity index (χ1v) is 6.78. The van der Waals surface area contributed by atoms with E-state index in [4.69, 9.17) is 16.3 Å². The molecule has 0 saturated carbocycles. The van der Waals surface area contributed by atoms with E-state index in [1.807, 2.05) is 36.4 Å². The summed E-state index contributed by atoms with van der Waals surface area (Å²) >= 11 is 7.36. The third kappa shape index (κ3) is 3.86. The molecule has 0 aliphatic rings. The van der Waals surface area contributed by atoms with Gasteiger partial charge in [0.05, 0.1) is 4.34 Å². The molecule has 1 aromatic heterocycles. The molecule has 1 aromatic carbocycles. The van der Waals surface area contributed by atoms with Crippen molar-refractivity contribution in [3.8, 4) is 5.75 Å². The molecule has 0 fully saturated rings. The zero-order valence-corrected chi connectivity index (χ0v) is 11.6. The molecule has 94 valence electrons. The van der Waals surface area contributed by atoms with Crippen LogP contribution in [0.1, 0.15) is 17.4 Å². The first-order chi connectivity index (χ1) is 8.63. The fourth-order valence-corrected chi connectivity index (χ4v) is 2.58. The zero-order valence-electron chi connectivity index (χ0n) is 9.98. The van der Waals surface area contributed by atoms with Gasteiger partial charge in [0, 0.05) is 11.3 Å². The Bertz CT molecular complexity index is 531. The molecule has 0 aliphatic heterocycles. The van der Waals surface area contributed by atoms with Crippen LogP contribution in [0.5, 0.6) is 5.75 Å². The van der Waals surface area contributed by atoms with Gasteiger partial charge in [0.25, 0.3) is 0 Å². The summed E-state index contributed by atoms with van der Waals surface area (Å²) in [6.07, 6.45) is 0.473. The molecule has 0 radical (unpaired) electrons. The van der Waals surface area contributed by atoms with Gasteiger partial charge in [0.15, 0.2) is 0 Å². The van der Waals surface area contributed by atoms with E-state index < -0.39 is 0 Å². The second-order valence-corrected chi connectivity index (χ2v) is 5.82. The van der Waals surface area contributed by atoms with Crippen molar-refractivity contribution in [1.82, 2.24) is 0 Å². The Balaban J connectivity index is 1.92. The number of rotatable bonds is 5. The number of Topliss-reactive ketones (excluding diaryl/α,β-unsaturated/α-hetero) is 1. The van der Waals surface area contributed by atoms with E-state index in [1.165, 1.54) is 11.3 Å². The summed E-state index contributed by atoms with van der Waals surface area (Å²) in [5.74, 6) is 0.962. The summed E-state index contributed by atoms with van der Waals surface area (Å²) < 4.78 is 6.40. The molecule has 4 heteroatoms. The quantitative estimate of drug-likeness (QED) is 0.824. The highest BCUT2D eigenvalue weighted by molar-refractivity contribution is 7.16. The van der Waals surface area contributed by atoms with E-state index in [9.17, 15) is 4.79 Å². The Morgan fingerprint density at radius 1 is 1.22 bits per heavy atom. The highest BCUT2D eigenvalue weighted by atomic mass is 35.5. The van der Waals surface area contributed by atoms with Gasteiger partial charge in [-0.25, -0.2) is 0 Å². The number of carbonyl (C=O) groups excluding carboxylic acids is 1. The van der Waals surface area contributed by atoms with Gasteiger partial charge in [0.1, 0.15) is 18.1 Å². The van der Waals surface area contributed by atoms with Crippen molar-refractivity contribution in [3.63, 3.8) is 0 Å². The maximum Gasteiger partial charge on any atom is 0.134 e. The van der Waals surface area contributed by atoms with Crippen LogP contribution in [0, 0.1) is 0 Å². The van der Waals surface area contributed by atoms with E-state index in [-0.39, 0.29) is 5.78 Å². The zero-order chi connectivity index (χ0) is 13.0. The maximum absolute atomic E-state index is 11.0. The number of ketones is 1. The maximum atomic E-state index is 11.0. The third-order valence-electron chi connectivity index (χ3n) is 2.39. The summed E-state index contributed by atoms with van der Waals surface area (Å²) in [7, 11) is 0. The average molecular weight is 281 g/mol. The fourth-order valence-electron chi connectivity index (χ4n) is 1.57. The third-order valence-corrected chi connectivity index (χ3v) is 3.59. The predicted molar refractivity (Wildman–Crippen MR) is 74.5 cm³/mol. The SMILES string of the molecule is CC(=O)Cc1ccc(OCc2ccc(Cl)s2)cc1. The molecule has 0 N–H and O–H groups in total. The number of ether oxygens (including phenoxy) is 1. The minimum absolute atomic E-state index is 0.164. The van der Waals surface area contributed by atoms with Gasteiger partial charge in [-0.3, -0.25) is 4.79 Å². The summed E-state index contributed by atoms with van der Waals surface area (Å²) in [4.78, 5) is 12.1. The van der Waals surface area contributed by atoms with E-state index in [1.54, 1.807) is 6.92 Å². The second-order valence-electron chi connectivity index (χ2n) is 4.02. The molecule has 0 amide bonds. The molecule has 1 heterocycles.